The number of ketones is 1. The van der Waals surface area contributed by atoms with E-state index in [9.17, 15) is 4.79 Å². The van der Waals surface area contributed by atoms with E-state index in [0.717, 1.165) is 37.8 Å². The molecular formula is C17H24N2O. The summed E-state index contributed by atoms with van der Waals surface area (Å²) in [5, 5.41) is 0. The number of hydrogen-bond donors (Lipinski definition) is 0. The van der Waals surface area contributed by atoms with Crippen molar-refractivity contribution in [2.24, 2.45) is 0 Å². The molecule has 3 rings (SSSR count). The molecule has 1 aliphatic carbocycles. The fourth-order valence-corrected chi connectivity index (χ4v) is 3.47. The lowest BCUT2D eigenvalue weighted by Gasteiger charge is -2.37. The Balaban J connectivity index is 1.47. The molecule has 2 fully saturated rings. The van der Waals surface area contributed by atoms with Gasteiger partial charge >= 0.3 is 0 Å². The molecule has 0 unspecified atom stereocenters. The van der Waals surface area contributed by atoms with Crippen LogP contribution < -0.4 is 0 Å². The molecular weight excluding hydrogens is 248 g/mol. The maximum absolute atomic E-state index is 12.2. The topological polar surface area (TPSA) is 23.6 Å². The highest BCUT2D eigenvalue weighted by Gasteiger charge is 2.26. The minimum absolute atomic E-state index is 0.250. The predicted octanol–water partition coefficient (Wildman–Crippen LogP) is 2.43. The summed E-state index contributed by atoms with van der Waals surface area (Å²) in [5.41, 5.74) is 0.839. The van der Waals surface area contributed by atoms with Crippen LogP contribution in [0.25, 0.3) is 0 Å². The lowest BCUT2D eigenvalue weighted by molar-refractivity contribution is 0.0775. The Morgan fingerprint density at radius 1 is 1.00 bits per heavy atom. The van der Waals surface area contributed by atoms with E-state index in [-0.39, 0.29) is 5.78 Å². The van der Waals surface area contributed by atoms with Gasteiger partial charge in [0, 0.05) is 37.8 Å². The molecule has 0 radical (unpaired) electrons. The van der Waals surface area contributed by atoms with Gasteiger partial charge in [-0.2, -0.15) is 0 Å². The summed E-state index contributed by atoms with van der Waals surface area (Å²) >= 11 is 0. The molecule has 0 atom stereocenters. The largest absolute Gasteiger partial charge is 0.298 e. The summed E-state index contributed by atoms with van der Waals surface area (Å²) in [4.78, 5) is 17.1. The summed E-state index contributed by atoms with van der Waals surface area (Å²) in [6.45, 7) is 4.91. The number of rotatable bonds is 4. The van der Waals surface area contributed by atoms with Crippen molar-refractivity contribution < 1.29 is 4.79 Å². The molecule has 1 heterocycles. The summed E-state index contributed by atoms with van der Waals surface area (Å²) in [7, 11) is 0. The molecule has 108 valence electrons. The van der Waals surface area contributed by atoms with E-state index in [0.29, 0.717) is 6.54 Å². The van der Waals surface area contributed by atoms with Gasteiger partial charge in [-0.05, 0) is 12.8 Å². The first kappa shape index (κ1) is 13.8. The molecule has 0 amide bonds. The zero-order valence-electron chi connectivity index (χ0n) is 12.1. The molecule has 0 spiro atoms. The number of carbonyl (C=O) groups is 1. The van der Waals surface area contributed by atoms with Gasteiger partial charge in [0.1, 0.15) is 0 Å². The van der Waals surface area contributed by atoms with Gasteiger partial charge < -0.3 is 0 Å². The Morgan fingerprint density at radius 2 is 1.65 bits per heavy atom. The zero-order chi connectivity index (χ0) is 13.8. The Labute approximate surface area is 121 Å². The Kier molecular flexibility index (Phi) is 4.48. The number of benzene rings is 1. The van der Waals surface area contributed by atoms with Gasteiger partial charge in [-0.3, -0.25) is 14.6 Å². The Morgan fingerprint density at radius 3 is 2.30 bits per heavy atom. The molecule has 0 N–H and O–H groups in total. The van der Waals surface area contributed by atoms with Crippen LogP contribution in [0.1, 0.15) is 36.0 Å². The van der Waals surface area contributed by atoms with E-state index in [1.165, 1.54) is 25.7 Å². The average molecular weight is 272 g/mol. The Bertz CT molecular complexity index is 432. The van der Waals surface area contributed by atoms with E-state index < -0.39 is 0 Å². The van der Waals surface area contributed by atoms with Gasteiger partial charge in [-0.15, -0.1) is 0 Å². The molecule has 0 bridgehead atoms. The normalized spacial score (nSPS) is 22.2. The number of nitrogens with zero attached hydrogens (tertiary/aromatic N) is 2. The third-order valence-corrected chi connectivity index (χ3v) is 4.71. The predicted molar refractivity (Wildman–Crippen MR) is 81.0 cm³/mol. The molecule has 1 saturated heterocycles. The first-order valence-corrected chi connectivity index (χ1v) is 7.87. The molecule has 3 nitrogen and oxygen atoms in total. The fraction of sp³-hybridized carbons (Fsp3) is 0.588. The van der Waals surface area contributed by atoms with Crippen LogP contribution >= 0.6 is 0 Å². The second kappa shape index (κ2) is 6.51. The molecule has 1 aromatic rings. The number of Topliss-reactive ketones (excluding diaryl/α,β-unsaturated/α-hetero) is 1. The van der Waals surface area contributed by atoms with Crippen molar-refractivity contribution in [1.29, 1.82) is 0 Å². The molecule has 20 heavy (non-hydrogen) atoms. The zero-order valence-corrected chi connectivity index (χ0v) is 12.1. The lowest BCUT2D eigenvalue weighted by Crippen LogP contribution is -2.50. The summed E-state index contributed by atoms with van der Waals surface area (Å²) in [6, 6.07) is 10.5. The van der Waals surface area contributed by atoms with E-state index >= 15 is 0 Å². The van der Waals surface area contributed by atoms with Crippen molar-refractivity contribution >= 4 is 5.78 Å². The second-order valence-corrected chi connectivity index (χ2v) is 6.04. The maximum Gasteiger partial charge on any atom is 0.176 e. The van der Waals surface area contributed by atoms with Crippen LogP contribution in [0.3, 0.4) is 0 Å². The van der Waals surface area contributed by atoms with Crippen LogP contribution in [0, 0.1) is 0 Å². The van der Waals surface area contributed by atoms with Crippen molar-refractivity contribution in [2.75, 3.05) is 32.7 Å². The number of carbonyl (C=O) groups excluding carboxylic acids is 1. The standard InChI is InChI=1S/C17H24N2O/c20-17(15-6-2-1-3-7-15)14-18-10-12-19(13-11-18)16-8-4-5-9-16/h1-3,6-7,16H,4-5,8-14H2. The number of piperazine rings is 1. The number of hydrogen-bond acceptors (Lipinski definition) is 3. The van der Waals surface area contributed by atoms with Crippen LogP contribution in [-0.4, -0.2) is 54.3 Å². The van der Waals surface area contributed by atoms with Gasteiger partial charge in [0.15, 0.2) is 5.78 Å². The summed E-state index contributed by atoms with van der Waals surface area (Å²) in [6.07, 6.45) is 5.56. The van der Waals surface area contributed by atoms with Gasteiger partial charge in [-0.1, -0.05) is 43.2 Å². The van der Waals surface area contributed by atoms with E-state index in [2.05, 4.69) is 9.80 Å². The molecule has 3 heteroatoms. The lowest BCUT2D eigenvalue weighted by atomic mass is 10.1. The SMILES string of the molecule is O=C(CN1CCN(C2CCCC2)CC1)c1ccccc1. The first-order chi connectivity index (χ1) is 9.83. The van der Waals surface area contributed by atoms with Gasteiger partial charge in [-0.25, -0.2) is 0 Å². The highest BCUT2D eigenvalue weighted by Crippen LogP contribution is 2.24. The molecule has 0 aromatic heterocycles. The Hall–Kier alpha value is -1.19. The van der Waals surface area contributed by atoms with Crippen molar-refractivity contribution in [1.82, 2.24) is 9.80 Å². The van der Waals surface area contributed by atoms with Crippen molar-refractivity contribution in [2.45, 2.75) is 31.7 Å². The quantitative estimate of drug-likeness (QED) is 0.787. The molecule has 2 aliphatic rings. The van der Waals surface area contributed by atoms with Crippen LogP contribution in [0.5, 0.6) is 0 Å². The van der Waals surface area contributed by atoms with E-state index in [4.69, 9.17) is 0 Å². The van der Waals surface area contributed by atoms with Crippen LogP contribution in [0.4, 0.5) is 0 Å². The van der Waals surface area contributed by atoms with Crippen molar-refractivity contribution in [3.05, 3.63) is 35.9 Å². The van der Waals surface area contributed by atoms with E-state index in [1.54, 1.807) is 0 Å². The minimum Gasteiger partial charge on any atom is -0.298 e. The van der Waals surface area contributed by atoms with Crippen LogP contribution in [0.15, 0.2) is 30.3 Å². The summed E-state index contributed by atoms with van der Waals surface area (Å²) in [5.74, 6) is 0.250. The van der Waals surface area contributed by atoms with Gasteiger partial charge in [0.05, 0.1) is 6.54 Å². The molecule has 1 aromatic carbocycles. The van der Waals surface area contributed by atoms with Gasteiger partial charge in [0.2, 0.25) is 0 Å². The van der Waals surface area contributed by atoms with Crippen LogP contribution in [-0.2, 0) is 0 Å². The second-order valence-electron chi connectivity index (χ2n) is 6.04. The maximum atomic E-state index is 12.2. The third kappa shape index (κ3) is 3.28. The summed E-state index contributed by atoms with van der Waals surface area (Å²) < 4.78 is 0. The highest BCUT2D eigenvalue weighted by molar-refractivity contribution is 5.97. The minimum atomic E-state index is 0.250. The smallest absolute Gasteiger partial charge is 0.176 e. The monoisotopic (exact) mass is 272 g/mol. The molecule has 1 saturated carbocycles. The third-order valence-electron chi connectivity index (χ3n) is 4.71. The van der Waals surface area contributed by atoms with Crippen LogP contribution in [0.2, 0.25) is 0 Å². The molecule has 1 aliphatic heterocycles. The van der Waals surface area contributed by atoms with Crippen molar-refractivity contribution in [3.8, 4) is 0 Å². The van der Waals surface area contributed by atoms with Gasteiger partial charge in [0.25, 0.3) is 0 Å². The fourth-order valence-electron chi connectivity index (χ4n) is 3.47. The van der Waals surface area contributed by atoms with Crippen molar-refractivity contribution in [3.63, 3.8) is 0 Å². The average Bonchev–Trinajstić information content (AvgIpc) is 3.03. The first-order valence-electron chi connectivity index (χ1n) is 7.87. The van der Waals surface area contributed by atoms with E-state index in [1.807, 2.05) is 30.3 Å². The highest BCUT2D eigenvalue weighted by atomic mass is 16.1.